The fourth-order valence-electron chi connectivity index (χ4n) is 2.53. The zero-order valence-corrected chi connectivity index (χ0v) is 11.6. The average Bonchev–Trinajstić information content (AvgIpc) is 2.96. The van der Waals surface area contributed by atoms with Crippen molar-refractivity contribution in [2.75, 3.05) is 0 Å². The molecule has 2 heterocycles. The Labute approximate surface area is 132 Å². The van der Waals surface area contributed by atoms with Crippen LogP contribution < -0.4 is 0 Å². The lowest BCUT2D eigenvalue weighted by molar-refractivity contribution is 0.0674. The number of carbonyl (C=O) groups is 4. The predicted octanol–water partition coefficient (Wildman–Crippen LogP) is 0.401. The number of carbonyl (C=O) groups excluding carboxylic acids is 1. The normalized spacial score (nSPS) is 15.5. The van der Waals surface area contributed by atoms with E-state index in [0.717, 1.165) is 12.1 Å². The number of aromatic nitrogens is 2. The van der Waals surface area contributed by atoms with Gasteiger partial charge in [0.15, 0.2) is 0 Å². The predicted molar refractivity (Wildman–Crippen MR) is 74.2 cm³/mol. The van der Waals surface area contributed by atoms with Crippen LogP contribution in [0, 0.1) is 0 Å². The van der Waals surface area contributed by atoms with Crippen molar-refractivity contribution < 1.29 is 39.6 Å². The number of carboxylic acids is 3. The van der Waals surface area contributed by atoms with Gasteiger partial charge in [0.1, 0.15) is 23.2 Å². The summed E-state index contributed by atoms with van der Waals surface area (Å²) in [7, 11) is 0. The Morgan fingerprint density at radius 1 is 1.04 bits per heavy atom. The molecule has 0 unspecified atom stereocenters. The molecule has 0 radical (unpaired) electrons. The molecule has 2 aromatic rings. The molecule has 0 bridgehead atoms. The molecule has 0 aromatic carbocycles. The van der Waals surface area contributed by atoms with Crippen LogP contribution in [0.5, 0.6) is 0 Å². The highest BCUT2D eigenvalue weighted by molar-refractivity contribution is 6.13. The lowest BCUT2D eigenvalue weighted by Crippen LogP contribution is -2.23. The van der Waals surface area contributed by atoms with E-state index in [0.29, 0.717) is 0 Å². The Morgan fingerprint density at radius 3 is 2.25 bits per heavy atom. The summed E-state index contributed by atoms with van der Waals surface area (Å²) in [6, 6.07) is 1.78. The SMILES string of the molecule is O=C(O)c1cc(C(=O)O)c2c(n1)C(=O)[C@@H](O)c1cc(C(=O)O)[nH]c1-2. The van der Waals surface area contributed by atoms with E-state index in [-0.39, 0.29) is 22.5 Å². The third-order valence-electron chi connectivity index (χ3n) is 3.57. The van der Waals surface area contributed by atoms with Crippen molar-refractivity contribution in [2.45, 2.75) is 6.10 Å². The van der Waals surface area contributed by atoms with Crippen LogP contribution in [0.4, 0.5) is 0 Å². The number of carboxylic acid groups (broad SMARTS) is 3. The van der Waals surface area contributed by atoms with Gasteiger partial charge < -0.3 is 25.4 Å². The van der Waals surface area contributed by atoms with Gasteiger partial charge in [0, 0.05) is 11.1 Å². The molecule has 1 aliphatic rings. The smallest absolute Gasteiger partial charge is 0.354 e. The molecule has 10 nitrogen and oxygen atoms in total. The Balaban J connectivity index is 2.41. The second-order valence-electron chi connectivity index (χ2n) is 4.97. The van der Waals surface area contributed by atoms with Crippen LogP contribution in [0.1, 0.15) is 53.5 Å². The second kappa shape index (κ2) is 4.99. The number of nitrogens with zero attached hydrogens (tertiary/aromatic N) is 1. The van der Waals surface area contributed by atoms with E-state index in [2.05, 4.69) is 9.97 Å². The zero-order chi connectivity index (χ0) is 17.8. The number of Topliss-reactive ketones (excluding diaryl/α,β-unsaturated/α-hetero) is 1. The molecule has 24 heavy (non-hydrogen) atoms. The third kappa shape index (κ3) is 2.05. The summed E-state index contributed by atoms with van der Waals surface area (Å²) in [5.74, 6) is -5.47. The molecule has 0 amide bonds. The number of aromatic carboxylic acids is 3. The van der Waals surface area contributed by atoms with Gasteiger partial charge in [-0.05, 0) is 12.1 Å². The number of hydrogen-bond acceptors (Lipinski definition) is 6. The van der Waals surface area contributed by atoms with E-state index in [1.54, 1.807) is 0 Å². The van der Waals surface area contributed by atoms with E-state index in [1.807, 2.05) is 0 Å². The monoisotopic (exact) mass is 332 g/mol. The number of hydrogen-bond donors (Lipinski definition) is 5. The summed E-state index contributed by atoms with van der Waals surface area (Å²) < 4.78 is 0. The van der Waals surface area contributed by atoms with Gasteiger partial charge in [0.2, 0.25) is 5.78 Å². The minimum atomic E-state index is -1.78. The lowest BCUT2D eigenvalue weighted by atomic mass is 9.87. The van der Waals surface area contributed by atoms with Crippen molar-refractivity contribution in [3.63, 3.8) is 0 Å². The second-order valence-corrected chi connectivity index (χ2v) is 4.97. The van der Waals surface area contributed by atoms with E-state index in [4.69, 9.17) is 10.2 Å². The topological polar surface area (TPSA) is 178 Å². The summed E-state index contributed by atoms with van der Waals surface area (Å²) in [5, 5.41) is 37.4. The quantitative estimate of drug-likeness (QED) is 0.532. The van der Waals surface area contributed by atoms with E-state index in [9.17, 15) is 29.4 Å². The van der Waals surface area contributed by atoms with Crippen LogP contribution >= 0.6 is 0 Å². The number of pyridine rings is 1. The number of fused-ring (bicyclic) bond motifs is 3. The Kier molecular flexibility index (Phi) is 3.20. The molecular formula is C14H8N2O8. The maximum Gasteiger partial charge on any atom is 0.354 e. The fraction of sp³-hybridized carbons (Fsp3) is 0.0714. The minimum Gasteiger partial charge on any atom is -0.478 e. The maximum absolute atomic E-state index is 12.2. The minimum absolute atomic E-state index is 0.101. The molecule has 5 N–H and O–H groups in total. The van der Waals surface area contributed by atoms with Crippen molar-refractivity contribution in [1.29, 1.82) is 0 Å². The van der Waals surface area contributed by atoms with Gasteiger partial charge in [-0.15, -0.1) is 0 Å². The highest BCUT2D eigenvalue weighted by Crippen LogP contribution is 2.40. The first-order chi connectivity index (χ1) is 11.2. The number of H-pyrrole nitrogens is 1. The molecule has 1 aliphatic carbocycles. The first kappa shape index (κ1) is 15.4. The molecule has 0 aliphatic heterocycles. The number of aliphatic hydroxyl groups is 1. The van der Waals surface area contributed by atoms with Crippen LogP contribution in [0.15, 0.2) is 12.1 Å². The van der Waals surface area contributed by atoms with E-state index >= 15 is 0 Å². The van der Waals surface area contributed by atoms with Crippen molar-refractivity contribution in [1.82, 2.24) is 9.97 Å². The molecule has 3 rings (SSSR count). The van der Waals surface area contributed by atoms with Gasteiger partial charge in [-0.3, -0.25) is 4.79 Å². The number of aromatic amines is 1. The standard InChI is InChI=1S/C14H8N2O8/c17-10-4-2-6(14(23)24)15-8(4)7-3(12(19)20)1-5(13(21)22)16-9(7)11(10)18/h1-2,10,15,17H,(H,19,20)(H,21,22)(H,23,24)/t10-/m0/s1. The molecule has 2 aromatic heterocycles. The summed E-state index contributed by atoms with van der Waals surface area (Å²) in [5.41, 5.74) is -2.61. The van der Waals surface area contributed by atoms with Gasteiger partial charge in [0.25, 0.3) is 0 Å². The molecule has 122 valence electrons. The van der Waals surface area contributed by atoms with Gasteiger partial charge in [-0.25, -0.2) is 19.4 Å². The van der Waals surface area contributed by atoms with E-state index < -0.39 is 46.7 Å². The highest BCUT2D eigenvalue weighted by atomic mass is 16.4. The highest BCUT2D eigenvalue weighted by Gasteiger charge is 2.38. The van der Waals surface area contributed by atoms with Gasteiger partial charge >= 0.3 is 17.9 Å². The van der Waals surface area contributed by atoms with E-state index in [1.165, 1.54) is 0 Å². The molecule has 0 saturated carbocycles. The van der Waals surface area contributed by atoms with Crippen LogP contribution in [-0.2, 0) is 0 Å². The number of ketones is 1. The summed E-state index contributed by atoms with van der Waals surface area (Å²) in [6.45, 7) is 0. The first-order valence-electron chi connectivity index (χ1n) is 6.42. The third-order valence-corrected chi connectivity index (χ3v) is 3.57. The molecule has 1 atom stereocenters. The number of rotatable bonds is 3. The summed E-state index contributed by atoms with van der Waals surface area (Å²) >= 11 is 0. The molecule has 0 spiro atoms. The summed E-state index contributed by atoms with van der Waals surface area (Å²) in [6.07, 6.45) is -1.78. The van der Waals surface area contributed by atoms with Crippen LogP contribution in [-0.4, -0.2) is 54.1 Å². The van der Waals surface area contributed by atoms with Crippen molar-refractivity contribution in [2.24, 2.45) is 0 Å². The Bertz CT molecular complexity index is 942. The lowest BCUT2D eigenvalue weighted by Gasteiger charge is -2.21. The first-order valence-corrected chi connectivity index (χ1v) is 6.42. The number of nitrogens with one attached hydrogen (secondary N) is 1. The average molecular weight is 332 g/mol. The van der Waals surface area contributed by atoms with Crippen molar-refractivity contribution in [3.8, 4) is 11.3 Å². The van der Waals surface area contributed by atoms with Gasteiger partial charge in [-0.1, -0.05) is 0 Å². The molecule has 0 fully saturated rings. The number of aliphatic hydroxyl groups excluding tert-OH is 1. The van der Waals surface area contributed by atoms with Crippen molar-refractivity contribution >= 4 is 23.7 Å². The van der Waals surface area contributed by atoms with Gasteiger partial charge in [-0.2, -0.15) is 0 Å². The Hall–Kier alpha value is -3.53. The van der Waals surface area contributed by atoms with Gasteiger partial charge in [0.05, 0.1) is 11.3 Å². The maximum atomic E-state index is 12.2. The fourth-order valence-corrected chi connectivity index (χ4v) is 2.53. The molecule has 0 saturated heterocycles. The Morgan fingerprint density at radius 2 is 1.71 bits per heavy atom. The zero-order valence-electron chi connectivity index (χ0n) is 11.6. The largest absolute Gasteiger partial charge is 0.478 e. The van der Waals surface area contributed by atoms with Crippen molar-refractivity contribution in [3.05, 3.63) is 40.3 Å². The van der Waals surface area contributed by atoms with Crippen LogP contribution in [0.25, 0.3) is 11.3 Å². The summed E-state index contributed by atoms with van der Waals surface area (Å²) in [4.78, 5) is 51.9. The molecule has 10 heteroatoms. The molecular weight excluding hydrogens is 324 g/mol. The van der Waals surface area contributed by atoms with Crippen LogP contribution in [0.2, 0.25) is 0 Å². The van der Waals surface area contributed by atoms with Crippen LogP contribution in [0.3, 0.4) is 0 Å².